The lowest BCUT2D eigenvalue weighted by molar-refractivity contribution is 0.0641. The minimum Gasteiger partial charge on any atom is -0.476 e. The van der Waals surface area contributed by atoms with Crippen LogP contribution in [-0.2, 0) is 0 Å². The molecule has 0 saturated heterocycles. The molecule has 0 unspecified atom stereocenters. The second-order valence-electron chi connectivity index (χ2n) is 8.10. The Morgan fingerprint density at radius 3 is 1.63 bits per heavy atom. The largest absolute Gasteiger partial charge is 0.476 e. The zero-order valence-electron chi connectivity index (χ0n) is 18.2. The maximum atomic E-state index is 11.7. The SMILES string of the molecule is O=C(O)c1nc2c(nc1C(=O)O)-c1ccc(N(c3ccccc3)c3ccccc3)c3cccc-2c13. The summed E-state index contributed by atoms with van der Waals surface area (Å²) in [5.74, 6) is -2.86. The topological polar surface area (TPSA) is 104 Å². The minimum absolute atomic E-state index is 0.371. The summed E-state index contributed by atoms with van der Waals surface area (Å²) < 4.78 is 0. The normalized spacial score (nSPS) is 11.3. The third-order valence-electron chi connectivity index (χ3n) is 6.10. The molecule has 4 aromatic carbocycles. The number of anilines is 3. The molecule has 0 spiro atoms. The number of para-hydroxylation sites is 2. The van der Waals surface area contributed by atoms with Crippen LogP contribution in [0.5, 0.6) is 0 Å². The quantitative estimate of drug-likeness (QED) is 0.319. The predicted molar refractivity (Wildman–Crippen MR) is 133 cm³/mol. The third kappa shape index (κ3) is 3.13. The van der Waals surface area contributed by atoms with Gasteiger partial charge < -0.3 is 15.1 Å². The molecule has 7 heteroatoms. The first-order valence-electron chi connectivity index (χ1n) is 10.9. The van der Waals surface area contributed by atoms with Crippen molar-refractivity contribution in [2.45, 2.75) is 0 Å². The molecule has 1 heterocycles. The van der Waals surface area contributed by atoms with Gasteiger partial charge in [0.15, 0.2) is 11.4 Å². The van der Waals surface area contributed by atoms with Crippen molar-refractivity contribution in [1.82, 2.24) is 9.97 Å². The molecule has 1 aliphatic rings. The van der Waals surface area contributed by atoms with Gasteiger partial charge in [-0.1, -0.05) is 54.6 Å². The number of rotatable bonds is 5. The van der Waals surface area contributed by atoms with Crippen LogP contribution in [0.1, 0.15) is 21.0 Å². The zero-order chi connectivity index (χ0) is 24.1. The van der Waals surface area contributed by atoms with Crippen molar-refractivity contribution in [3.8, 4) is 22.5 Å². The highest BCUT2D eigenvalue weighted by Crippen LogP contribution is 2.49. The first-order valence-corrected chi connectivity index (χ1v) is 10.9. The Morgan fingerprint density at radius 1 is 0.600 bits per heavy atom. The van der Waals surface area contributed by atoms with E-state index in [9.17, 15) is 19.8 Å². The summed E-state index contributed by atoms with van der Waals surface area (Å²) in [5.41, 5.74) is 3.93. The fraction of sp³-hybridized carbons (Fsp3) is 0. The molecular formula is C28H17N3O4. The molecule has 2 N–H and O–H groups in total. The van der Waals surface area contributed by atoms with E-state index in [4.69, 9.17) is 0 Å². The van der Waals surface area contributed by atoms with E-state index in [-0.39, 0.29) is 0 Å². The highest BCUT2D eigenvalue weighted by molar-refractivity contribution is 6.18. The van der Waals surface area contributed by atoms with E-state index < -0.39 is 23.3 Å². The molecule has 0 amide bonds. The Morgan fingerprint density at radius 2 is 1.11 bits per heavy atom. The number of hydrogen-bond donors (Lipinski definition) is 2. The van der Waals surface area contributed by atoms with Crippen molar-refractivity contribution in [3.63, 3.8) is 0 Å². The molecule has 0 fully saturated rings. The molecule has 0 aliphatic heterocycles. The number of carbonyl (C=O) groups is 2. The molecule has 5 aromatic rings. The van der Waals surface area contributed by atoms with E-state index in [1.54, 1.807) is 0 Å². The molecular weight excluding hydrogens is 442 g/mol. The van der Waals surface area contributed by atoms with Crippen LogP contribution in [0.2, 0.25) is 0 Å². The molecule has 0 atom stereocenters. The summed E-state index contributed by atoms with van der Waals surface area (Å²) in [7, 11) is 0. The number of benzene rings is 4. The summed E-state index contributed by atoms with van der Waals surface area (Å²) >= 11 is 0. The Kier molecular flexibility index (Phi) is 4.57. The molecule has 1 aromatic heterocycles. The molecule has 0 bridgehead atoms. The summed E-state index contributed by atoms with van der Waals surface area (Å²) in [6.45, 7) is 0. The predicted octanol–water partition coefficient (Wildman–Crippen LogP) is 6.14. The van der Waals surface area contributed by atoms with Gasteiger partial charge in [-0.3, -0.25) is 0 Å². The number of hydrogen-bond acceptors (Lipinski definition) is 5. The zero-order valence-corrected chi connectivity index (χ0v) is 18.2. The number of aromatic nitrogens is 2. The first-order chi connectivity index (χ1) is 17.0. The average Bonchev–Trinajstić information content (AvgIpc) is 3.20. The van der Waals surface area contributed by atoms with E-state index in [2.05, 4.69) is 14.9 Å². The van der Waals surface area contributed by atoms with Crippen LogP contribution in [-0.4, -0.2) is 32.1 Å². The fourth-order valence-electron chi connectivity index (χ4n) is 4.67. The molecule has 1 aliphatic carbocycles. The number of carboxylic acids is 2. The van der Waals surface area contributed by atoms with Crippen molar-refractivity contribution >= 4 is 39.8 Å². The van der Waals surface area contributed by atoms with Gasteiger partial charge in [-0.05, 0) is 36.4 Å². The Bertz CT molecular complexity index is 1560. The van der Waals surface area contributed by atoms with Gasteiger partial charge in [-0.15, -0.1) is 0 Å². The molecule has 168 valence electrons. The highest BCUT2D eigenvalue weighted by Gasteiger charge is 2.31. The van der Waals surface area contributed by atoms with Gasteiger partial charge >= 0.3 is 11.9 Å². The molecule has 0 radical (unpaired) electrons. The maximum Gasteiger partial charge on any atom is 0.357 e. The summed E-state index contributed by atoms with van der Waals surface area (Å²) in [4.78, 5) is 34.1. The Balaban J connectivity index is 1.64. The van der Waals surface area contributed by atoms with Crippen molar-refractivity contribution in [2.75, 3.05) is 4.90 Å². The minimum atomic E-state index is -1.43. The van der Waals surface area contributed by atoms with Gasteiger partial charge in [0.1, 0.15) is 0 Å². The number of nitrogens with zero attached hydrogens (tertiary/aromatic N) is 3. The van der Waals surface area contributed by atoms with Gasteiger partial charge in [0.2, 0.25) is 0 Å². The summed E-state index contributed by atoms with van der Waals surface area (Å²) in [6.07, 6.45) is 0. The summed E-state index contributed by atoms with van der Waals surface area (Å²) in [6, 6.07) is 29.6. The third-order valence-corrected chi connectivity index (χ3v) is 6.10. The van der Waals surface area contributed by atoms with E-state index in [1.165, 1.54) is 0 Å². The van der Waals surface area contributed by atoms with Crippen LogP contribution in [0.25, 0.3) is 33.3 Å². The van der Waals surface area contributed by atoms with Crippen LogP contribution >= 0.6 is 0 Å². The molecule has 7 nitrogen and oxygen atoms in total. The van der Waals surface area contributed by atoms with E-state index in [0.717, 1.165) is 39.0 Å². The first kappa shape index (κ1) is 20.6. The van der Waals surface area contributed by atoms with Gasteiger partial charge in [0.25, 0.3) is 0 Å². The monoisotopic (exact) mass is 459 g/mol. The van der Waals surface area contributed by atoms with Gasteiger partial charge in [0, 0.05) is 33.3 Å². The van der Waals surface area contributed by atoms with Gasteiger partial charge in [0.05, 0.1) is 17.1 Å². The molecule has 6 rings (SSSR count). The number of aromatic carboxylic acids is 2. The van der Waals surface area contributed by atoms with E-state index >= 15 is 0 Å². The van der Waals surface area contributed by atoms with Crippen LogP contribution in [0.3, 0.4) is 0 Å². The highest BCUT2D eigenvalue weighted by atomic mass is 16.4. The van der Waals surface area contributed by atoms with E-state index in [1.807, 2.05) is 91.0 Å². The number of fused-ring (bicyclic) bond motifs is 3. The van der Waals surface area contributed by atoms with Crippen molar-refractivity contribution in [2.24, 2.45) is 0 Å². The standard InChI is InChI=1S/C28H17N3O4/c32-27(33)25-26(28(34)35)30-24-20-14-15-21(18-12-7-13-19(22(18)20)23(24)29-25)31(16-8-3-1-4-9-16)17-10-5-2-6-11-17/h1-15H,(H,32,33)(H,34,35). The molecule has 0 saturated carbocycles. The second kappa shape index (κ2) is 7.78. The molecule has 35 heavy (non-hydrogen) atoms. The van der Waals surface area contributed by atoms with Crippen molar-refractivity contribution < 1.29 is 19.8 Å². The van der Waals surface area contributed by atoms with Crippen LogP contribution in [0, 0.1) is 0 Å². The smallest absolute Gasteiger partial charge is 0.357 e. The fourth-order valence-corrected chi connectivity index (χ4v) is 4.67. The number of carboxylic acid groups (broad SMARTS) is 2. The Labute approximate surface area is 199 Å². The van der Waals surface area contributed by atoms with E-state index in [0.29, 0.717) is 11.4 Å². The van der Waals surface area contributed by atoms with Crippen molar-refractivity contribution in [1.29, 1.82) is 0 Å². The summed E-state index contributed by atoms with van der Waals surface area (Å²) in [5, 5.41) is 20.9. The average molecular weight is 459 g/mol. The second-order valence-corrected chi connectivity index (χ2v) is 8.10. The lowest BCUT2D eigenvalue weighted by Gasteiger charge is -2.27. The van der Waals surface area contributed by atoms with Crippen LogP contribution < -0.4 is 4.90 Å². The lowest BCUT2D eigenvalue weighted by atomic mass is 10.0. The van der Waals surface area contributed by atoms with Crippen LogP contribution in [0.15, 0.2) is 91.0 Å². The van der Waals surface area contributed by atoms with Gasteiger partial charge in [-0.2, -0.15) is 0 Å². The Hall–Kier alpha value is -5.04. The lowest BCUT2D eigenvalue weighted by Crippen LogP contribution is -2.14. The van der Waals surface area contributed by atoms with Crippen molar-refractivity contribution in [3.05, 3.63) is 102 Å². The van der Waals surface area contributed by atoms with Gasteiger partial charge in [-0.25, -0.2) is 19.6 Å². The van der Waals surface area contributed by atoms with Crippen LogP contribution in [0.4, 0.5) is 17.1 Å². The maximum absolute atomic E-state index is 11.7.